The molecular formula is C18H24N6O2. The van der Waals surface area contributed by atoms with Crippen LogP contribution in [0.2, 0.25) is 0 Å². The van der Waals surface area contributed by atoms with E-state index >= 15 is 0 Å². The van der Waals surface area contributed by atoms with Crippen molar-refractivity contribution < 1.29 is 9.59 Å². The monoisotopic (exact) mass is 356 g/mol. The van der Waals surface area contributed by atoms with Crippen molar-refractivity contribution in [3.8, 4) is 0 Å². The summed E-state index contributed by atoms with van der Waals surface area (Å²) in [4.78, 5) is 30.9. The Kier molecular flexibility index (Phi) is 5.62. The number of H-pyrrole nitrogens is 1. The number of hydrogen-bond acceptors (Lipinski definition) is 5. The first kappa shape index (κ1) is 18.1. The van der Waals surface area contributed by atoms with Gasteiger partial charge in [0, 0.05) is 19.6 Å². The molecule has 0 aliphatic carbocycles. The third-order valence-corrected chi connectivity index (χ3v) is 4.54. The number of piperazine rings is 1. The van der Waals surface area contributed by atoms with Crippen molar-refractivity contribution in [1.82, 2.24) is 30.7 Å². The highest BCUT2D eigenvalue weighted by Gasteiger charge is 2.31. The van der Waals surface area contributed by atoms with Gasteiger partial charge >= 0.3 is 0 Å². The molecule has 1 aliphatic rings. The predicted molar refractivity (Wildman–Crippen MR) is 96.0 cm³/mol. The smallest absolute Gasteiger partial charge is 0.237 e. The first-order chi connectivity index (χ1) is 12.5. The maximum Gasteiger partial charge on any atom is 0.237 e. The number of nitrogens with zero attached hydrogens (tertiary/aromatic N) is 3. The standard InChI is InChI=1S/C18H24N6O2/c1-12-5-3-4-6-14(12)11-24-8-7-19-18(26)15(24)9-17(25)20-10-16-21-13(2)22-23-16/h3-6,15H,7-11H2,1-2H3,(H,19,26)(H,20,25)(H,21,22,23)/t15-/m0/s1. The molecule has 1 atom stereocenters. The average Bonchev–Trinajstić information content (AvgIpc) is 3.03. The van der Waals surface area contributed by atoms with Crippen LogP contribution in [0.5, 0.6) is 0 Å². The maximum atomic E-state index is 12.3. The summed E-state index contributed by atoms with van der Waals surface area (Å²) in [7, 11) is 0. The molecule has 0 bridgehead atoms. The number of hydrogen-bond donors (Lipinski definition) is 3. The van der Waals surface area contributed by atoms with Crippen LogP contribution in [-0.2, 0) is 22.7 Å². The van der Waals surface area contributed by atoms with Crippen LogP contribution in [0.1, 0.15) is 29.2 Å². The molecular weight excluding hydrogens is 332 g/mol. The molecule has 0 unspecified atom stereocenters. The first-order valence-corrected chi connectivity index (χ1v) is 8.74. The highest BCUT2D eigenvalue weighted by atomic mass is 16.2. The summed E-state index contributed by atoms with van der Waals surface area (Å²) >= 11 is 0. The van der Waals surface area contributed by atoms with Crippen LogP contribution in [0.15, 0.2) is 24.3 Å². The summed E-state index contributed by atoms with van der Waals surface area (Å²) in [6.45, 7) is 6.07. The lowest BCUT2D eigenvalue weighted by atomic mass is 10.0. The Labute approximate surface area is 152 Å². The molecule has 0 radical (unpaired) electrons. The molecule has 0 spiro atoms. The van der Waals surface area contributed by atoms with Gasteiger partial charge in [-0.15, -0.1) is 0 Å². The van der Waals surface area contributed by atoms with Crippen molar-refractivity contribution in [2.24, 2.45) is 0 Å². The van der Waals surface area contributed by atoms with Crippen LogP contribution in [0.3, 0.4) is 0 Å². The van der Waals surface area contributed by atoms with Gasteiger partial charge in [0.25, 0.3) is 0 Å². The number of carbonyl (C=O) groups is 2. The second kappa shape index (κ2) is 8.09. The van der Waals surface area contributed by atoms with Gasteiger partial charge in [-0.1, -0.05) is 24.3 Å². The number of aryl methyl sites for hydroxylation is 2. The van der Waals surface area contributed by atoms with Crippen LogP contribution < -0.4 is 10.6 Å². The summed E-state index contributed by atoms with van der Waals surface area (Å²) in [5, 5.41) is 12.4. The van der Waals surface area contributed by atoms with Crippen LogP contribution >= 0.6 is 0 Å². The van der Waals surface area contributed by atoms with Crippen molar-refractivity contribution in [2.75, 3.05) is 13.1 Å². The van der Waals surface area contributed by atoms with Gasteiger partial charge in [-0.2, -0.15) is 5.10 Å². The summed E-state index contributed by atoms with van der Waals surface area (Å²) in [6, 6.07) is 7.63. The number of amides is 2. The van der Waals surface area contributed by atoms with Crippen molar-refractivity contribution in [3.05, 3.63) is 47.0 Å². The largest absolute Gasteiger partial charge is 0.353 e. The van der Waals surface area contributed by atoms with Crippen molar-refractivity contribution >= 4 is 11.8 Å². The second-order valence-corrected chi connectivity index (χ2v) is 6.52. The van der Waals surface area contributed by atoms with Crippen LogP contribution in [-0.4, -0.2) is 51.0 Å². The van der Waals surface area contributed by atoms with E-state index in [2.05, 4.69) is 49.8 Å². The van der Waals surface area contributed by atoms with Gasteiger partial charge in [0.15, 0.2) is 5.82 Å². The van der Waals surface area contributed by atoms with Gasteiger partial charge < -0.3 is 10.6 Å². The van der Waals surface area contributed by atoms with Gasteiger partial charge in [0.2, 0.25) is 11.8 Å². The minimum absolute atomic E-state index is 0.103. The molecule has 2 aromatic rings. The Balaban J connectivity index is 1.61. The van der Waals surface area contributed by atoms with Crippen molar-refractivity contribution in [1.29, 1.82) is 0 Å². The zero-order valence-corrected chi connectivity index (χ0v) is 15.1. The Hall–Kier alpha value is -2.74. The highest BCUT2D eigenvalue weighted by Crippen LogP contribution is 2.16. The first-order valence-electron chi connectivity index (χ1n) is 8.74. The van der Waals surface area contributed by atoms with Gasteiger partial charge in [-0.3, -0.25) is 19.6 Å². The molecule has 3 rings (SSSR count). The fourth-order valence-corrected chi connectivity index (χ4v) is 3.07. The van der Waals surface area contributed by atoms with E-state index in [0.717, 1.165) is 6.54 Å². The van der Waals surface area contributed by atoms with Gasteiger partial charge in [0.1, 0.15) is 5.82 Å². The molecule has 2 amide bonds. The van der Waals surface area contributed by atoms with Gasteiger partial charge in [-0.25, -0.2) is 4.98 Å². The minimum Gasteiger partial charge on any atom is -0.353 e. The van der Waals surface area contributed by atoms with Crippen LogP contribution in [0.4, 0.5) is 0 Å². The van der Waals surface area contributed by atoms with E-state index in [1.165, 1.54) is 11.1 Å². The number of rotatable bonds is 6. The summed E-state index contributed by atoms with van der Waals surface area (Å²) in [5.41, 5.74) is 2.35. The van der Waals surface area contributed by atoms with Crippen LogP contribution in [0, 0.1) is 13.8 Å². The van der Waals surface area contributed by atoms with E-state index in [1.807, 2.05) is 12.1 Å². The van der Waals surface area contributed by atoms with E-state index in [4.69, 9.17) is 0 Å². The Bertz CT molecular complexity index is 787. The van der Waals surface area contributed by atoms with Gasteiger partial charge in [0.05, 0.1) is 19.0 Å². The lowest BCUT2D eigenvalue weighted by molar-refractivity contribution is -0.134. The average molecular weight is 356 g/mol. The molecule has 8 nitrogen and oxygen atoms in total. The van der Waals surface area contributed by atoms with E-state index in [-0.39, 0.29) is 24.8 Å². The second-order valence-electron chi connectivity index (χ2n) is 6.52. The van der Waals surface area contributed by atoms with Crippen LogP contribution in [0.25, 0.3) is 0 Å². The number of aromatic nitrogens is 3. The van der Waals surface area contributed by atoms with E-state index in [1.54, 1.807) is 6.92 Å². The molecule has 26 heavy (non-hydrogen) atoms. The van der Waals surface area contributed by atoms with E-state index in [0.29, 0.717) is 24.7 Å². The summed E-state index contributed by atoms with van der Waals surface area (Å²) in [5.74, 6) is 0.934. The molecule has 0 saturated carbocycles. The zero-order chi connectivity index (χ0) is 18.5. The Morgan fingerprint density at radius 3 is 2.88 bits per heavy atom. The summed E-state index contributed by atoms with van der Waals surface area (Å²) < 4.78 is 0. The molecule has 1 fully saturated rings. The Morgan fingerprint density at radius 1 is 1.35 bits per heavy atom. The van der Waals surface area contributed by atoms with Crippen molar-refractivity contribution in [2.45, 2.75) is 39.4 Å². The number of carbonyl (C=O) groups excluding carboxylic acids is 2. The number of aromatic amines is 1. The molecule has 8 heteroatoms. The Morgan fingerprint density at radius 2 is 2.15 bits per heavy atom. The fraction of sp³-hybridized carbons (Fsp3) is 0.444. The van der Waals surface area contributed by atoms with Gasteiger partial charge in [-0.05, 0) is 25.0 Å². The van der Waals surface area contributed by atoms with E-state index in [9.17, 15) is 9.59 Å². The minimum atomic E-state index is -0.475. The van der Waals surface area contributed by atoms with E-state index < -0.39 is 6.04 Å². The maximum absolute atomic E-state index is 12.3. The third-order valence-electron chi connectivity index (χ3n) is 4.54. The lowest BCUT2D eigenvalue weighted by Crippen LogP contribution is -2.56. The molecule has 1 aliphatic heterocycles. The molecule has 2 heterocycles. The number of benzene rings is 1. The lowest BCUT2D eigenvalue weighted by Gasteiger charge is -2.35. The normalized spacial score (nSPS) is 17.8. The topological polar surface area (TPSA) is 103 Å². The SMILES string of the molecule is Cc1nc(CNC(=O)C[C@H]2C(=O)NCCN2Cc2ccccc2C)n[nH]1. The third kappa shape index (κ3) is 4.45. The quantitative estimate of drug-likeness (QED) is 0.696. The molecule has 3 N–H and O–H groups in total. The molecule has 138 valence electrons. The zero-order valence-electron chi connectivity index (χ0n) is 15.1. The number of nitrogens with one attached hydrogen (secondary N) is 3. The van der Waals surface area contributed by atoms with Crippen molar-refractivity contribution in [3.63, 3.8) is 0 Å². The fourth-order valence-electron chi connectivity index (χ4n) is 3.07. The molecule has 1 aromatic heterocycles. The molecule has 1 saturated heterocycles. The summed E-state index contributed by atoms with van der Waals surface area (Å²) in [6.07, 6.45) is 0.112. The highest BCUT2D eigenvalue weighted by molar-refractivity contribution is 5.88. The molecule has 1 aromatic carbocycles. The predicted octanol–water partition coefficient (Wildman–Crippen LogP) is 0.428.